The highest BCUT2D eigenvalue weighted by Crippen LogP contribution is 2.43. The summed E-state index contributed by atoms with van der Waals surface area (Å²) in [6, 6.07) is 13.7. The van der Waals surface area contributed by atoms with Crippen LogP contribution in [0.3, 0.4) is 0 Å². The highest BCUT2D eigenvalue weighted by Gasteiger charge is 2.55. The zero-order chi connectivity index (χ0) is 27.0. The molecule has 0 radical (unpaired) electrons. The number of hydrogen-bond donors (Lipinski definition) is 4. The van der Waals surface area contributed by atoms with E-state index in [9.17, 15) is 15.3 Å². The van der Waals surface area contributed by atoms with Gasteiger partial charge in [-0.25, -0.2) is 9.98 Å². The fourth-order valence-electron chi connectivity index (χ4n) is 5.32. The summed E-state index contributed by atoms with van der Waals surface area (Å²) in [5, 5.41) is 39.5. The molecule has 0 saturated carbocycles. The van der Waals surface area contributed by atoms with E-state index in [0.29, 0.717) is 17.3 Å². The van der Waals surface area contributed by atoms with Crippen LogP contribution in [0.2, 0.25) is 0 Å². The van der Waals surface area contributed by atoms with E-state index in [0.717, 1.165) is 16.7 Å². The number of rotatable bonds is 8. The minimum absolute atomic E-state index is 0.0126. The minimum atomic E-state index is -1.32. The quantitative estimate of drug-likeness (QED) is 0.410. The lowest BCUT2D eigenvalue weighted by Crippen LogP contribution is -2.54. The van der Waals surface area contributed by atoms with E-state index in [1.54, 1.807) is 20.3 Å². The first-order chi connectivity index (χ1) is 18.3. The van der Waals surface area contributed by atoms with Gasteiger partial charge in [-0.3, -0.25) is 15.3 Å². The average molecular weight is 522 g/mol. The molecule has 4 N–H and O–H groups in total. The number of aliphatic hydroxyl groups excluding tert-OH is 3. The van der Waals surface area contributed by atoms with Gasteiger partial charge in [0.2, 0.25) is 0 Å². The third-order valence-corrected chi connectivity index (χ3v) is 7.41. The Labute approximate surface area is 220 Å². The van der Waals surface area contributed by atoms with Gasteiger partial charge in [-0.05, 0) is 42.2 Å². The van der Waals surface area contributed by atoms with E-state index in [4.69, 9.17) is 24.6 Å². The summed E-state index contributed by atoms with van der Waals surface area (Å²) >= 11 is 0. The summed E-state index contributed by atoms with van der Waals surface area (Å²) in [7, 11) is 3.19. The molecule has 3 heterocycles. The van der Waals surface area contributed by atoms with Crippen molar-refractivity contribution in [2.45, 2.75) is 49.3 Å². The predicted molar refractivity (Wildman–Crippen MR) is 142 cm³/mol. The van der Waals surface area contributed by atoms with Gasteiger partial charge in [0.15, 0.2) is 17.6 Å². The molecular formula is C27H31N5O6. The normalized spacial score (nSPS) is 28.8. The Kier molecular flexibility index (Phi) is 7.01. The molecule has 5 rings (SSSR count). The molecule has 2 unspecified atom stereocenters. The molecule has 0 bridgehead atoms. The maximum atomic E-state index is 10.7. The minimum Gasteiger partial charge on any atom is -0.497 e. The molecule has 3 aliphatic heterocycles. The van der Waals surface area contributed by atoms with Crippen LogP contribution in [0.1, 0.15) is 29.0 Å². The molecule has 11 nitrogen and oxygen atoms in total. The molecule has 0 amide bonds. The third-order valence-electron chi connectivity index (χ3n) is 7.41. The van der Waals surface area contributed by atoms with Crippen LogP contribution in [0.4, 0.5) is 0 Å². The lowest BCUT2D eigenvalue weighted by molar-refractivity contribution is -0.0512. The van der Waals surface area contributed by atoms with Crippen LogP contribution < -0.4 is 9.47 Å². The van der Waals surface area contributed by atoms with Crippen molar-refractivity contribution in [2.24, 2.45) is 15.0 Å². The van der Waals surface area contributed by atoms with E-state index < -0.39 is 36.7 Å². The van der Waals surface area contributed by atoms with Gasteiger partial charge in [-0.1, -0.05) is 24.3 Å². The predicted octanol–water partition coefficient (Wildman–Crippen LogP) is 1.47. The highest BCUT2D eigenvalue weighted by atomic mass is 16.6. The molecule has 2 aromatic rings. The number of fused-ring (bicyclic) bond motifs is 1. The molecule has 0 spiro atoms. The lowest BCUT2D eigenvalue weighted by Gasteiger charge is -2.35. The summed E-state index contributed by atoms with van der Waals surface area (Å²) in [5.74, 6) is 1.32. The number of aryl methyl sites for hydroxylation is 1. The zero-order valence-electron chi connectivity index (χ0n) is 21.4. The van der Waals surface area contributed by atoms with Crippen molar-refractivity contribution >= 4 is 24.3 Å². The van der Waals surface area contributed by atoms with E-state index in [2.05, 4.69) is 9.98 Å². The molecular weight excluding hydrogens is 490 g/mol. The van der Waals surface area contributed by atoms with Gasteiger partial charge in [-0.2, -0.15) is 0 Å². The number of ether oxygens (including phenoxy) is 3. The van der Waals surface area contributed by atoms with Crippen molar-refractivity contribution in [3.05, 3.63) is 59.2 Å². The lowest BCUT2D eigenvalue weighted by atomic mass is 9.77. The number of nitrogens with zero attached hydrogens (tertiary/aromatic N) is 4. The monoisotopic (exact) mass is 521 g/mol. The van der Waals surface area contributed by atoms with Gasteiger partial charge >= 0.3 is 0 Å². The standard InChI is InChI=1S/C27H31N5O6/c1-15-6-4-5-7-19(15)20(16-8-17(36-2)10-18(9-16)37-3)11-27-25(28)29-13-30-26(27)32(14-31-27)24-23(35)22(34)21(12-33)38-24/h4-10,13-14,20-24,28,33-35H,11-12H2,1-3H3/t20?,21-,22-,23-,24-,27?/m1/s1. The molecule has 0 aliphatic carbocycles. The zero-order valence-corrected chi connectivity index (χ0v) is 21.4. The van der Waals surface area contributed by atoms with Crippen LogP contribution in [0, 0.1) is 12.3 Å². The fourth-order valence-corrected chi connectivity index (χ4v) is 5.32. The van der Waals surface area contributed by atoms with Crippen molar-refractivity contribution in [3.8, 4) is 11.5 Å². The number of nitrogens with one attached hydrogen (secondary N) is 1. The van der Waals surface area contributed by atoms with Crippen LogP contribution >= 0.6 is 0 Å². The molecule has 6 atom stereocenters. The topological polar surface area (TPSA) is 153 Å². The van der Waals surface area contributed by atoms with Crippen molar-refractivity contribution in [1.29, 1.82) is 5.41 Å². The van der Waals surface area contributed by atoms with Crippen LogP contribution in [-0.2, 0) is 4.74 Å². The maximum absolute atomic E-state index is 10.7. The summed E-state index contributed by atoms with van der Waals surface area (Å²) in [5.41, 5.74) is 1.69. The molecule has 2 aromatic carbocycles. The van der Waals surface area contributed by atoms with E-state index >= 15 is 0 Å². The molecule has 1 saturated heterocycles. The first-order valence-electron chi connectivity index (χ1n) is 12.3. The SMILES string of the molecule is COc1cc(OC)cc(C(CC23N=CN([C@@H]4O[C@H](CO)[C@@H](O)[C@H]4O)C2=NC=NC3=N)c2ccccc2C)c1. The summed E-state index contributed by atoms with van der Waals surface area (Å²) in [6.45, 7) is 1.57. The second-order valence-electron chi connectivity index (χ2n) is 9.55. The number of methoxy groups -OCH3 is 2. The van der Waals surface area contributed by atoms with Crippen LogP contribution in [-0.4, -0.2) is 95.5 Å². The van der Waals surface area contributed by atoms with Crippen LogP contribution in [0.15, 0.2) is 57.4 Å². The summed E-state index contributed by atoms with van der Waals surface area (Å²) < 4.78 is 16.8. The first kappa shape index (κ1) is 26.0. The van der Waals surface area contributed by atoms with Gasteiger partial charge in [0.1, 0.15) is 42.0 Å². The first-order valence-corrected chi connectivity index (χ1v) is 12.3. The summed E-state index contributed by atoms with van der Waals surface area (Å²) in [6.07, 6.45) is -1.58. The molecule has 11 heteroatoms. The Bertz CT molecular complexity index is 1290. The van der Waals surface area contributed by atoms with E-state index in [-0.39, 0.29) is 18.2 Å². The molecule has 200 valence electrons. The number of aliphatic hydroxyl groups is 3. The second-order valence-corrected chi connectivity index (χ2v) is 9.55. The Hall–Kier alpha value is -3.64. The van der Waals surface area contributed by atoms with E-state index in [1.807, 2.05) is 43.3 Å². The van der Waals surface area contributed by atoms with Gasteiger partial charge in [0.25, 0.3) is 0 Å². The Morgan fingerprint density at radius 3 is 2.45 bits per heavy atom. The van der Waals surface area contributed by atoms with Crippen molar-refractivity contribution in [3.63, 3.8) is 0 Å². The van der Waals surface area contributed by atoms with Crippen molar-refractivity contribution in [2.75, 3.05) is 20.8 Å². The number of benzene rings is 2. The van der Waals surface area contributed by atoms with Gasteiger partial charge < -0.3 is 29.5 Å². The Morgan fingerprint density at radius 2 is 1.82 bits per heavy atom. The molecule has 3 aliphatic rings. The average Bonchev–Trinajstić information content (AvgIpc) is 3.45. The Morgan fingerprint density at radius 1 is 1.11 bits per heavy atom. The molecule has 1 fully saturated rings. The number of aliphatic imine (C=N–C) groups is 3. The fraction of sp³-hybridized carbons (Fsp3) is 0.407. The largest absolute Gasteiger partial charge is 0.497 e. The second kappa shape index (κ2) is 10.3. The highest BCUT2D eigenvalue weighted by molar-refractivity contribution is 6.24. The molecule has 38 heavy (non-hydrogen) atoms. The van der Waals surface area contributed by atoms with Crippen LogP contribution in [0.25, 0.3) is 0 Å². The maximum Gasteiger partial charge on any atom is 0.179 e. The van der Waals surface area contributed by atoms with Crippen molar-refractivity contribution < 1.29 is 29.5 Å². The third kappa shape index (κ3) is 4.27. The van der Waals surface area contributed by atoms with Gasteiger partial charge in [0.05, 0.1) is 27.2 Å². The summed E-state index contributed by atoms with van der Waals surface area (Å²) in [4.78, 5) is 14.9. The number of hydrogen-bond acceptors (Lipinski definition) is 10. The molecule has 0 aromatic heterocycles. The van der Waals surface area contributed by atoms with E-state index in [1.165, 1.54) is 17.6 Å². The van der Waals surface area contributed by atoms with Crippen molar-refractivity contribution in [1.82, 2.24) is 4.90 Å². The van der Waals surface area contributed by atoms with Gasteiger partial charge in [-0.15, -0.1) is 0 Å². The van der Waals surface area contributed by atoms with Crippen LogP contribution in [0.5, 0.6) is 11.5 Å². The Balaban J connectivity index is 1.59. The smallest absolute Gasteiger partial charge is 0.179 e. The van der Waals surface area contributed by atoms with Gasteiger partial charge in [0, 0.05) is 12.0 Å². The number of amidine groups is 2.